The van der Waals surface area contributed by atoms with E-state index in [0.717, 1.165) is 10.6 Å². The highest BCUT2D eigenvalue weighted by atomic mass is 32.2. The lowest BCUT2D eigenvalue weighted by molar-refractivity contribution is -0.114. The number of aliphatic hydroxyl groups excluding tert-OH is 1. The Bertz CT molecular complexity index is 643. The van der Waals surface area contributed by atoms with Gasteiger partial charge >= 0.3 is 0 Å². The van der Waals surface area contributed by atoms with Crippen LogP contribution in [0, 0.1) is 6.92 Å². The highest BCUT2D eigenvalue weighted by Gasteiger charge is 2.07. The Morgan fingerprint density at radius 1 is 1.26 bits per heavy atom. The number of nitrogens with one attached hydrogen (secondary N) is 1. The Morgan fingerprint density at radius 2 is 2.00 bits per heavy atom. The molecule has 0 spiro atoms. The van der Waals surface area contributed by atoms with Gasteiger partial charge in [-0.1, -0.05) is 17.7 Å². The molecule has 0 saturated carbocycles. The summed E-state index contributed by atoms with van der Waals surface area (Å²) >= 11 is 1.61. The quantitative estimate of drug-likeness (QED) is 0.763. The summed E-state index contributed by atoms with van der Waals surface area (Å²) in [7, 11) is 0. The van der Waals surface area contributed by atoms with Crippen LogP contribution in [0.25, 0.3) is 0 Å². The second kappa shape index (κ2) is 8.60. The first-order valence-corrected chi connectivity index (χ1v) is 8.39. The Labute approximate surface area is 140 Å². The van der Waals surface area contributed by atoms with Gasteiger partial charge in [-0.2, -0.15) is 0 Å². The fourth-order valence-electron chi connectivity index (χ4n) is 1.98. The SMILES string of the molecule is CC(=O)Nc1ccc(OCC(O)CSc2cccc(C)c2)cc1. The van der Waals surface area contributed by atoms with Crippen molar-refractivity contribution in [3.05, 3.63) is 54.1 Å². The minimum absolute atomic E-state index is 0.109. The van der Waals surface area contributed by atoms with Gasteiger partial charge in [0.25, 0.3) is 0 Å². The lowest BCUT2D eigenvalue weighted by Crippen LogP contribution is -2.20. The minimum Gasteiger partial charge on any atom is -0.491 e. The number of carbonyl (C=O) groups is 1. The highest BCUT2D eigenvalue weighted by Crippen LogP contribution is 2.20. The van der Waals surface area contributed by atoms with Gasteiger partial charge in [0, 0.05) is 23.3 Å². The van der Waals surface area contributed by atoms with Crippen LogP contribution in [-0.2, 0) is 4.79 Å². The largest absolute Gasteiger partial charge is 0.491 e. The van der Waals surface area contributed by atoms with E-state index in [1.807, 2.05) is 25.1 Å². The van der Waals surface area contributed by atoms with Gasteiger partial charge in [0.05, 0.1) is 6.10 Å². The number of rotatable bonds is 7. The molecule has 0 saturated heterocycles. The first-order valence-electron chi connectivity index (χ1n) is 7.41. The zero-order valence-corrected chi connectivity index (χ0v) is 14.1. The zero-order chi connectivity index (χ0) is 16.7. The predicted octanol–water partition coefficient (Wildman–Crippen LogP) is 3.49. The van der Waals surface area contributed by atoms with E-state index in [2.05, 4.69) is 11.4 Å². The van der Waals surface area contributed by atoms with Gasteiger partial charge in [-0.15, -0.1) is 11.8 Å². The molecule has 0 aliphatic carbocycles. The molecule has 0 fully saturated rings. The summed E-state index contributed by atoms with van der Waals surface area (Å²) in [6.45, 7) is 3.75. The second-order valence-corrected chi connectivity index (χ2v) is 6.39. The van der Waals surface area contributed by atoms with Crippen LogP contribution < -0.4 is 10.1 Å². The molecule has 0 aliphatic heterocycles. The van der Waals surface area contributed by atoms with E-state index >= 15 is 0 Å². The van der Waals surface area contributed by atoms with Crippen LogP contribution in [0.5, 0.6) is 5.75 Å². The van der Waals surface area contributed by atoms with Gasteiger partial charge in [-0.3, -0.25) is 4.79 Å². The molecule has 0 aliphatic rings. The standard InChI is InChI=1S/C18H21NO3S/c1-13-4-3-5-18(10-13)23-12-16(21)11-22-17-8-6-15(7-9-17)19-14(2)20/h3-10,16,21H,11-12H2,1-2H3,(H,19,20). The van der Waals surface area contributed by atoms with Gasteiger partial charge in [0.1, 0.15) is 12.4 Å². The average molecular weight is 331 g/mol. The number of amides is 1. The van der Waals surface area contributed by atoms with Gasteiger partial charge in [-0.25, -0.2) is 0 Å². The number of ether oxygens (including phenoxy) is 1. The third-order valence-electron chi connectivity index (χ3n) is 3.05. The van der Waals surface area contributed by atoms with Crippen molar-refractivity contribution in [2.45, 2.75) is 24.8 Å². The maximum absolute atomic E-state index is 10.9. The lowest BCUT2D eigenvalue weighted by atomic mass is 10.2. The highest BCUT2D eigenvalue weighted by molar-refractivity contribution is 7.99. The molecule has 5 heteroatoms. The van der Waals surface area contributed by atoms with Crippen LogP contribution in [0.15, 0.2) is 53.4 Å². The number of anilines is 1. The first kappa shape index (κ1) is 17.4. The topological polar surface area (TPSA) is 58.6 Å². The molecule has 1 unspecified atom stereocenters. The third kappa shape index (κ3) is 6.34. The number of aliphatic hydroxyl groups is 1. The monoisotopic (exact) mass is 331 g/mol. The second-order valence-electron chi connectivity index (χ2n) is 5.30. The molecule has 0 bridgehead atoms. The minimum atomic E-state index is -0.546. The Morgan fingerprint density at radius 3 is 2.65 bits per heavy atom. The van der Waals surface area contributed by atoms with Crippen molar-refractivity contribution in [3.8, 4) is 5.75 Å². The van der Waals surface area contributed by atoms with E-state index in [-0.39, 0.29) is 12.5 Å². The van der Waals surface area contributed by atoms with Crippen molar-refractivity contribution in [2.24, 2.45) is 0 Å². The summed E-state index contributed by atoms with van der Waals surface area (Å²) in [5.74, 6) is 1.13. The van der Waals surface area contributed by atoms with E-state index in [0.29, 0.717) is 11.5 Å². The number of aryl methyl sites for hydroxylation is 1. The van der Waals surface area contributed by atoms with E-state index in [4.69, 9.17) is 4.74 Å². The van der Waals surface area contributed by atoms with Crippen LogP contribution in [0.1, 0.15) is 12.5 Å². The predicted molar refractivity (Wildman–Crippen MR) is 94.2 cm³/mol. The number of hydrogen-bond donors (Lipinski definition) is 2. The lowest BCUT2D eigenvalue weighted by Gasteiger charge is -2.12. The average Bonchev–Trinajstić information content (AvgIpc) is 2.52. The Balaban J connectivity index is 1.75. The molecule has 1 amide bonds. The van der Waals surface area contributed by atoms with Crippen LogP contribution in [-0.4, -0.2) is 29.5 Å². The smallest absolute Gasteiger partial charge is 0.221 e. The normalized spacial score (nSPS) is 11.8. The summed E-state index contributed by atoms with van der Waals surface area (Å²) in [5.41, 5.74) is 1.93. The van der Waals surface area contributed by atoms with E-state index in [1.165, 1.54) is 12.5 Å². The van der Waals surface area contributed by atoms with Crippen molar-refractivity contribution >= 4 is 23.4 Å². The number of thioether (sulfide) groups is 1. The fourth-order valence-corrected chi connectivity index (χ4v) is 2.90. The van der Waals surface area contributed by atoms with Crippen molar-refractivity contribution in [1.29, 1.82) is 0 Å². The molecule has 1 atom stereocenters. The van der Waals surface area contributed by atoms with E-state index in [1.54, 1.807) is 36.0 Å². The van der Waals surface area contributed by atoms with Gasteiger partial charge in [0.15, 0.2) is 0 Å². The maximum Gasteiger partial charge on any atom is 0.221 e. The van der Waals surface area contributed by atoms with Crippen molar-refractivity contribution in [1.82, 2.24) is 0 Å². The number of benzene rings is 2. The first-order chi connectivity index (χ1) is 11.0. The van der Waals surface area contributed by atoms with Gasteiger partial charge in [0.2, 0.25) is 5.91 Å². The van der Waals surface area contributed by atoms with E-state index < -0.39 is 6.10 Å². The van der Waals surface area contributed by atoms with Crippen LogP contribution in [0.4, 0.5) is 5.69 Å². The van der Waals surface area contributed by atoms with Crippen LogP contribution in [0.2, 0.25) is 0 Å². The van der Waals surface area contributed by atoms with Crippen molar-refractivity contribution in [2.75, 3.05) is 17.7 Å². The molecule has 122 valence electrons. The van der Waals surface area contributed by atoms with Gasteiger partial charge in [-0.05, 0) is 43.3 Å². The van der Waals surface area contributed by atoms with Crippen LogP contribution >= 0.6 is 11.8 Å². The number of carbonyl (C=O) groups excluding carboxylic acids is 1. The molecule has 2 aromatic rings. The van der Waals surface area contributed by atoms with E-state index in [9.17, 15) is 9.90 Å². The molecule has 4 nitrogen and oxygen atoms in total. The van der Waals surface area contributed by atoms with Crippen molar-refractivity contribution < 1.29 is 14.6 Å². The zero-order valence-electron chi connectivity index (χ0n) is 13.3. The summed E-state index contributed by atoms with van der Waals surface area (Å²) in [4.78, 5) is 12.1. The Hall–Kier alpha value is -1.98. The molecule has 0 radical (unpaired) electrons. The Kier molecular flexibility index (Phi) is 6.50. The molecule has 23 heavy (non-hydrogen) atoms. The maximum atomic E-state index is 10.9. The summed E-state index contributed by atoms with van der Waals surface area (Å²) in [6, 6.07) is 15.3. The molecule has 2 aromatic carbocycles. The molecule has 2 N–H and O–H groups in total. The van der Waals surface area contributed by atoms with Crippen molar-refractivity contribution in [3.63, 3.8) is 0 Å². The summed E-state index contributed by atoms with van der Waals surface area (Å²) < 4.78 is 5.56. The third-order valence-corrected chi connectivity index (χ3v) is 4.19. The molecular formula is C18H21NO3S. The summed E-state index contributed by atoms with van der Waals surface area (Å²) in [5, 5.41) is 12.7. The molecular weight excluding hydrogens is 310 g/mol. The van der Waals surface area contributed by atoms with Crippen LogP contribution in [0.3, 0.4) is 0 Å². The molecule has 0 aromatic heterocycles. The fraction of sp³-hybridized carbons (Fsp3) is 0.278. The molecule has 0 heterocycles. The number of hydrogen-bond acceptors (Lipinski definition) is 4. The summed E-state index contributed by atoms with van der Waals surface area (Å²) in [6.07, 6.45) is -0.546. The molecule has 2 rings (SSSR count). The van der Waals surface area contributed by atoms with Gasteiger partial charge < -0.3 is 15.2 Å².